The highest BCUT2D eigenvalue weighted by Crippen LogP contribution is 2.34. The summed E-state index contributed by atoms with van der Waals surface area (Å²) >= 11 is 0. The molecule has 0 aliphatic rings. The first-order chi connectivity index (χ1) is 8.38. The van der Waals surface area contributed by atoms with Gasteiger partial charge in [0.05, 0.1) is 11.1 Å². The van der Waals surface area contributed by atoms with Gasteiger partial charge in [-0.15, -0.1) is 5.10 Å². The molecule has 0 atom stereocenters. The van der Waals surface area contributed by atoms with Crippen molar-refractivity contribution in [1.82, 2.24) is 15.2 Å². The van der Waals surface area contributed by atoms with E-state index in [1.54, 1.807) is 0 Å². The zero-order chi connectivity index (χ0) is 13.3. The number of phenolic OH excluding ortho intramolecular Hbond substituents is 1. The number of aromatic nitrogens is 3. The van der Waals surface area contributed by atoms with Crippen LogP contribution in [-0.2, 0) is 6.18 Å². The summed E-state index contributed by atoms with van der Waals surface area (Å²) in [5.41, 5.74) is -1.59. The second-order valence-electron chi connectivity index (χ2n) is 3.41. The van der Waals surface area contributed by atoms with Gasteiger partial charge in [0.15, 0.2) is 5.82 Å². The summed E-state index contributed by atoms with van der Waals surface area (Å²) < 4.78 is 37.1. The van der Waals surface area contributed by atoms with Gasteiger partial charge < -0.3 is 10.1 Å². The number of phenols is 1. The molecular formula is C10H6F3N3O2. The van der Waals surface area contributed by atoms with Gasteiger partial charge in [-0.2, -0.15) is 18.3 Å². The second kappa shape index (κ2) is 4.13. The van der Waals surface area contributed by atoms with Crippen molar-refractivity contribution in [3.63, 3.8) is 0 Å². The highest BCUT2D eigenvalue weighted by molar-refractivity contribution is 5.63. The third-order valence-corrected chi connectivity index (χ3v) is 2.15. The van der Waals surface area contributed by atoms with E-state index in [2.05, 4.69) is 15.2 Å². The van der Waals surface area contributed by atoms with Gasteiger partial charge in [-0.05, 0) is 18.2 Å². The number of halogens is 3. The lowest BCUT2D eigenvalue weighted by Crippen LogP contribution is -2.09. The number of aromatic amines is 1. The first-order valence-electron chi connectivity index (χ1n) is 4.70. The van der Waals surface area contributed by atoms with Crippen molar-refractivity contribution in [2.45, 2.75) is 6.18 Å². The fourth-order valence-electron chi connectivity index (χ4n) is 1.34. The van der Waals surface area contributed by atoms with E-state index < -0.39 is 23.0 Å². The van der Waals surface area contributed by atoms with Gasteiger partial charge >= 0.3 is 6.18 Å². The molecule has 2 rings (SSSR count). The number of hydrogen-bond acceptors (Lipinski definition) is 4. The van der Waals surface area contributed by atoms with Crippen LogP contribution in [0.1, 0.15) is 5.56 Å². The van der Waals surface area contributed by atoms with E-state index in [-0.39, 0.29) is 11.4 Å². The molecule has 2 N–H and O–H groups in total. The molecule has 0 saturated heterocycles. The fourth-order valence-corrected chi connectivity index (χ4v) is 1.34. The summed E-state index contributed by atoms with van der Waals surface area (Å²) in [6, 6.07) is 2.35. The zero-order valence-corrected chi connectivity index (χ0v) is 8.69. The molecule has 1 aromatic carbocycles. The SMILES string of the molecule is O=c1cnnc(-c2ccc(C(F)(F)F)cc2O)[nH]1. The topological polar surface area (TPSA) is 78.9 Å². The number of alkyl halides is 3. The van der Waals surface area contributed by atoms with Crippen LogP contribution < -0.4 is 5.56 Å². The normalized spacial score (nSPS) is 11.5. The lowest BCUT2D eigenvalue weighted by atomic mass is 10.1. The van der Waals surface area contributed by atoms with Crippen molar-refractivity contribution in [2.24, 2.45) is 0 Å². The van der Waals surface area contributed by atoms with E-state index in [0.29, 0.717) is 6.07 Å². The highest BCUT2D eigenvalue weighted by atomic mass is 19.4. The molecule has 0 bridgehead atoms. The Hall–Kier alpha value is -2.38. The third-order valence-electron chi connectivity index (χ3n) is 2.15. The Morgan fingerprint density at radius 3 is 2.56 bits per heavy atom. The van der Waals surface area contributed by atoms with E-state index >= 15 is 0 Å². The minimum atomic E-state index is -4.55. The number of rotatable bonds is 1. The Balaban J connectivity index is 2.52. The Labute approximate surface area is 97.9 Å². The Morgan fingerprint density at radius 2 is 2.00 bits per heavy atom. The standard InChI is InChI=1S/C10H6F3N3O2/c11-10(12,13)5-1-2-6(7(17)3-5)9-15-8(18)4-14-16-9/h1-4,17H,(H,15,16,18). The van der Waals surface area contributed by atoms with E-state index in [4.69, 9.17) is 0 Å². The number of aromatic hydroxyl groups is 1. The molecule has 0 unspecified atom stereocenters. The van der Waals surface area contributed by atoms with E-state index in [0.717, 1.165) is 18.3 Å². The van der Waals surface area contributed by atoms with Crippen LogP contribution in [0.3, 0.4) is 0 Å². The van der Waals surface area contributed by atoms with Crippen LogP contribution in [0.4, 0.5) is 13.2 Å². The van der Waals surface area contributed by atoms with E-state index in [9.17, 15) is 23.1 Å². The minimum absolute atomic E-state index is 0.0341. The second-order valence-corrected chi connectivity index (χ2v) is 3.41. The van der Waals surface area contributed by atoms with Gasteiger partial charge in [0.2, 0.25) is 0 Å². The Bertz CT molecular complexity index is 637. The predicted molar refractivity (Wildman–Crippen MR) is 54.8 cm³/mol. The third kappa shape index (κ3) is 2.31. The van der Waals surface area contributed by atoms with Crippen LogP contribution in [0.25, 0.3) is 11.4 Å². The molecule has 0 aliphatic heterocycles. The number of nitrogens with zero attached hydrogens (tertiary/aromatic N) is 2. The molecule has 94 valence electrons. The van der Waals surface area contributed by atoms with Crippen molar-refractivity contribution in [2.75, 3.05) is 0 Å². The van der Waals surface area contributed by atoms with Crippen LogP contribution in [0.15, 0.2) is 29.2 Å². The van der Waals surface area contributed by atoms with Gasteiger partial charge in [0.1, 0.15) is 11.9 Å². The average Bonchev–Trinajstić information content (AvgIpc) is 2.27. The number of nitrogens with one attached hydrogen (secondary N) is 1. The maximum Gasteiger partial charge on any atom is 0.416 e. The lowest BCUT2D eigenvalue weighted by Gasteiger charge is -2.09. The fraction of sp³-hybridized carbons (Fsp3) is 0.100. The molecule has 0 aliphatic carbocycles. The summed E-state index contributed by atoms with van der Waals surface area (Å²) in [7, 11) is 0. The van der Waals surface area contributed by atoms with Crippen LogP contribution >= 0.6 is 0 Å². The summed E-state index contributed by atoms with van der Waals surface area (Å²) in [6.45, 7) is 0. The molecule has 8 heteroatoms. The molecule has 2 aromatic rings. The summed E-state index contributed by atoms with van der Waals surface area (Å²) in [4.78, 5) is 13.2. The highest BCUT2D eigenvalue weighted by Gasteiger charge is 2.31. The molecule has 0 amide bonds. The van der Waals surface area contributed by atoms with Gasteiger partial charge in [0, 0.05) is 0 Å². The molecular weight excluding hydrogens is 251 g/mol. The maximum atomic E-state index is 12.4. The van der Waals surface area contributed by atoms with Crippen molar-refractivity contribution in [3.8, 4) is 17.1 Å². The lowest BCUT2D eigenvalue weighted by molar-refractivity contribution is -0.137. The van der Waals surface area contributed by atoms with Crippen molar-refractivity contribution in [1.29, 1.82) is 0 Å². The summed E-state index contributed by atoms with van der Waals surface area (Å²) in [6.07, 6.45) is -3.64. The maximum absolute atomic E-state index is 12.4. The molecule has 1 aromatic heterocycles. The van der Waals surface area contributed by atoms with Gasteiger partial charge in [-0.3, -0.25) is 4.79 Å². The van der Waals surface area contributed by atoms with Crippen molar-refractivity contribution in [3.05, 3.63) is 40.3 Å². The van der Waals surface area contributed by atoms with Crippen LogP contribution in [0.2, 0.25) is 0 Å². The Morgan fingerprint density at radius 1 is 1.28 bits per heavy atom. The first-order valence-corrected chi connectivity index (χ1v) is 4.70. The molecule has 18 heavy (non-hydrogen) atoms. The Kier molecular flexibility index (Phi) is 2.77. The zero-order valence-electron chi connectivity index (χ0n) is 8.69. The molecule has 5 nitrogen and oxygen atoms in total. The number of hydrogen-bond donors (Lipinski definition) is 2. The number of benzene rings is 1. The monoisotopic (exact) mass is 257 g/mol. The largest absolute Gasteiger partial charge is 0.507 e. The van der Waals surface area contributed by atoms with E-state index in [1.807, 2.05) is 0 Å². The molecule has 0 fully saturated rings. The first kappa shape index (κ1) is 12.1. The van der Waals surface area contributed by atoms with Gasteiger partial charge in [0.25, 0.3) is 5.56 Å². The number of H-pyrrole nitrogens is 1. The van der Waals surface area contributed by atoms with Crippen LogP contribution in [-0.4, -0.2) is 20.3 Å². The van der Waals surface area contributed by atoms with Crippen molar-refractivity contribution >= 4 is 0 Å². The summed E-state index contributed by atoms with van der Waals surface area (Å²) in [5, 5.41) is 16.4. The molecule has 1 heterocycles. The van der Waals surface area contributed by atoms with E-state index in [1.165, 1.54) is 0 Å². The van der Waals surface area contributed by atoms with Gasteiger partial charge in [-0.25, -0.2) is 0 Å². The van der Waals surface area contributed by atoms with Crippen LogP contribution in [0.5, 0.6) is 5.75 Å². The average molecular weight is 257 g/mol. The smallest absolute Gasteiger partial charge is 0.416 e. The molecule has 0 radical (unpaired) electrons. The quantitative estimate of drug-likeness (QED) is 0.812. The minimum Gasteiger partial charge on any atom is -0.507 e. The van der Waals surface area contributed by atoms with Gasteiger partial charge in [-0.1, -0.05) is 0 Å². The molecule has 0 spiro atoms. The van der Waals surface area contributed by atoms with Crippen molar-refractivity contribution < 1.29 is 18.3 Å². The summed E-state index contributed by atoms with van der Waals surface area (Å²) in [5.74, 6) is -0.741. The molecule has 0 saturated carbocycles. The van der Waals surface area contributed by atoms with Crippen LogP contribution in [0, 0.1) is 0 Å². The predicted octanol–water partition coefficient (Wildman–Crippen LogP) is 1.56.